The van der Waals surface area contributed by atoms with E-state index in [0.717, 1.165) is 19.1 Å². The molecule has 2 nitrogen and oxygen atoms in total. The van der Waals surface area contributed by atoms with E-state index in [4.69, 9.17) is 9.47 Å². The summed E-state index contributed by atoms with van der Waals surface area (Å²) in [7, 11) is 0. The molecule has 1 saturated carbocycles. The maximum atomic E-state index is 5.56. The minimum atomic E-state index is 0.334. The zero-order chi connectivity index (χ0) is 6.97. The Morgan fingerprint density at radius 2 is 2.30 bits per heavy atom. The second-order valence-corrected chi connectivity index (χ2v) is 3.35. The van der Waals surface area contributed by atoms with Gasteiger partial charge in [0.2, 0.25) is 0 Å². The third-order valence-electron chi connectivity index (χ3n) is 2.17. The minimum absolute atomic E-state index is 0.334. The molecule has 2 rings (SSSR count). The lowest BCUT2D eigenvalue weighted by molar-refractivity contribution is 0.0392. The molecule has 0 aromatic carbocycles. The van der Waals surface area contributed by atoms with E-state index in [1.807, 2.05) is 0 Å². The molecule has 2 atom stereocenters. The first kappa shape index (κ1) is 6.62. The van der Waals surface area contributed by atoms with Gasteiger partial charge in [0.05, 0.1) is 12.7 Å². The fourth-order valence-corrected chi connectivity index (χ4v) is 1.01. The molecule has 0 N–H and O–H groups in total. The maximum absolute atomic E-state index is 5.56. The summed E-state index contributed by atoms with van der Waals surface area (Å²) in [6.07, 6.45) is 3.50. The summed E-state index contributed by atoms with van der Waals surface area (Å²) < 4.78 is 10.7. The van der Waals surface area contributed by atoms with Crippen LogP contribution in [-0.2, 0) is 9.47 Å². The van der Waals surface area contributed by atoms with Crippen LogP contribution in [0, 0.1) is 5.92 Å². The van der Waals surface area contributed by atoms with Gasteiger partial charge in [-0.25, -0.2) is 0 Å². The average Bonchev–Trinajstić information content (AvgIpc) is 2.76. The number of rotatable bonds is 4. The Balaban J connectivity index is 1.58. The van der Waals surface area contributed by atoms with Crippen LogP contribution in [0.25, 0.3) is 0 Å². The molecule has 0 radical (unpaired) electrons. The molecule has 2 aliphatic rings. The molecule has 0 bridgehead atoms. The zero-order valence-electron chi connectivity index (χ0n) is 6.38. The molecule has 0 aromatic rings. The Labute approximate surface area is 61.5 Å². The van der Waals surface area contributed by atoms with Gasteiger partial charge in [0.25, 0.3) is 0 Å². The standard InChI is InChI=1S/C8H14O2/c1-6(8-5-10-8)9-4-7-2-3-7/h6-8H,2-5H2,1H3/t6-,8+/m0/s1. The van der Waals surface area contributed by atoms with Crippen molar-refractivity contribution in [3.05, 3.63) is 0 Å². The number of ether oxygens (including phenoxy) is 2. The molecule has 58 valence electrons. The lowest BCUT2D eigenvalue weighted by Crippen LogP contribution is -2.16. The molecule has 1 heterocycles. The van der Waals surface area contributed by atoms with Crippen molar-refractivity contribution in [3.63, 3.8) is 0 Å². The largest absolute Gasteiger partial charge is 0.375 e. The Kier molecular flexibility index (Phi) is 1.66. The van der Waals surface area contributed by atoms with Gasteiger partial charge in [0.1, 0.15) is 6.10 Å². The smallest absolute Gasteiger partial charge is 0.107 e. The number of hydrogen-bond acceptors (Lipinski definition) is 2. The van der Waals surface area contributed by atoms with Crippen LogP contribution in [0.5, 0.6) is 0 Å². The highest BCUT2D eigenvalue weighted by Crippen LogP contribution is 2.30. The molecule has 2 heteroatoms. The van der Waals surface area contributed by atoms with E-state index in [1.165, 1.54) is 12.8 Å². The Hall–Kier alpha value is -0.0800. The summed E-state index contributed by atoms with van der Waals surface area (Å²) in [5.41, 5.74) is 0. The molecule has 1 aliphatic carbocycles. The lowest BCUT2D eigenvalue weighted by atomic mass is 10.3. The lowest BCUT2D eigenvalue weighted by Gasteiger charge is -2.08. The van der Waals surface area contributed by atoms with Crippen molar-refractivity contribution in [3.8, 4) is 0 Å². The molecule has 10 heavy (non-hydrogen) atoms. The molecule has 0 spiro atoms. The monoisotopic (exact) mass is 142 g/mol. The molecule has 0 aromatic heterocycles. The first-order valence-electron chi connectivity index (χ1n) is 4.09. The fraction of sp³-hybridized carbons (Fsp3) is 1.00. The molecule has 1 saturated heterocycles. The normalized spacial score (nSPS) is 33.9. The van der Waals surface area contributed by atoms with E-state index in [1.54, 1.807) is 0 Å². The fourth-order valence-electron chi connectivity index (χ4n) is 1.01. The van der Waals surface area contributed by atoms with Crippen LogP contribution in [0.15, 0.2) is 0 Å². The van der Waals surface area contributed by atoms with Crippen LogP contribution >= 0.6 is 0 Å². The van der Waals surface area contributed by atoms with Gasteiger partial charge in [-0.2, -0.15) is 0 Å². The SMILES string of the molecule is C[C@H](OCC1CC1)[C@H]1CO1. The van der Waals surface area contributed by atoms with Gasteiger partial charge >= 0.3 is 0 Å². The summed E-state index contributed by atoms with van der Waals surface area (Å²) in [5.74, 6) is 0.876. The van der Waals surface area contributed by atoms with E-state index in [-0.39, 0.29) is 0 Å². The third kappa shape index (κ3) is 1.70. The topological polar surface area (TPSA) is 21.8 Å². The van der Waals surface area contributed by atoms with Crippen molar-refractivity contribution in [1.29, 1.82) is 0 Å². The molecule has 0 amide bonds. The summed E-state index contributed by atoms with van der Waals surface area (Å²) in [5, 5.41) is 0. The van der Waals surface area contributed by atoms with Crippen LogP contribution in [0.3, 0.4) is 0 Å². The predicted molar refractivity (Wildman–Crippen MR) is 37.9 cm³/mol. The molecule has 0 unspecified atom stereocenters. The summed E-state index contributed by atoms with van der Waals surface area (Å²) in [4.78, 5) is 0. The van der Waals surface area contributed by atoms with Gasteiger partial charge in [-0.05, 0) is 25.7 Å². The van der Waals surface area contributed by atoms with Crippen LogP contribution in [0.4, 0.5) is 0 Å². The molecule has 1 aliphatic heterocycles. The minimum Gasteiger partial charge on any atom is -0.375 e. The Morgan fingerprint density at radius 3 is 2.80 bits per heavy atom. The van der Waals surface area contributed by atoms with Crippen LogP contribution in [-0.4, -0.2) is 25.4 Å². The highest BCUT2D eigenvalue weighted by Gasteiger charge is 2.31. The van der Waals surface area contributed by atoms with E-state index >= 15 is 0 Å². The van der Waals surface area contributed by atoms with E-state index < -0.39 is 0 Å². The quantitative estimate of drug-likeness (QED) is 0.550. The Morgan fingerprint density at radius 1 is 1.60 bits per heavy atom. The Bertz CT molecular complexity index is 116. The third-order valence-corrected chi connectivity index (χ3v) is 2.17. The predicted octanol–water partition coefficient (Wildman–Crippen LogP) is 1.20. The van der Waals surface area contributed by atoms with Crippen molar-refractivity contribution in [2.45, 2.75) is 32.0 Å². The van der Waals surface area contributed by atoms with Crippen LogP contribution in [0.1, 0.15) is 19.8 Å². The van der Waals surface area contributed by atoms with E-state index in [0.29, 0.717) is 12.2 Å². The number of epoxide rings is 1. The van der Waals surface area contributed by atoms with Crippen molar-refractivity contribution < 1.29 is 9.47 Å². The molecular formula is C8H14O2. The second kappa shape index (κ2) is 2.51. The van der Waals surface area contributed by atoms with Gasteiger partial charge in [-0.15, -0.1) is 0 Å². The number of hydrogen-bond donors (Lipinski definition) is 0. The van der Waals surface area contributed by atoms with Crippen molar-refractivity contribution in [1.82, 2.24) is 0 Å². The van der Waals surface area contributed by atoms with Crippen molar-refractivity contribution in [2.24, 2.45) is 5.92 Å². The summed E-state index contributed by atoms with van der Waals surface area (Å²) >= 11 is 0. The van der Waals surface area contributed by atoms with Gasteiger partial charge in [-0.1, -0.05) is 0 Å². The van der Waals surface area contributed by atoms with Gasteiger partial charge in [0, 0.05) is 6.61 Å². The van der Waals surface area contributed by atoms with Crippen molar-refractivity contribution in [2.75, 3.05) is 13.2 Å². The van der Waals surface area contributed by atoms with Gasteiger partial charge in [0.15, 0.2) is 0 Å². The first-order chi connectivity index (χ1) is 4.86. The van der Waals surface area contributed by atoms with Crippen molar-refractivity contribution >= 4 is 0 Å². The van der Waals surface area contributed by atoms with E-state index in [2.05, 4.69) is 6.92 Å². The van der Waals surface area contributed by atoms with E-state index in [9.17, 15) is 0 Å². The molecular weight excluding hydrogens is 128 g/mol. The maximum Gasteiger partial charge on any atom is 0.107 e. The highest BCUT2D eigenvalue weighted by atomic mass is 16.6. The van der Waals surface area contributed by atoms with Gasteiger partial charge in [-0.3, -0.25) is 0 Å². The molecule has 2 fully saturated rings. The van der Waals surface area contributed by atoms with Gasteiger partial charge < -0.3 is 9.47 Å². The second-order valence-electron chi connectivity index (χ2n) is 3.35. The first-order valence-corrected chi connectivity index (χ1v) is 4.09. The highest BCUT2D eigenvalue weighted by molar-refractivity contribution is 4.78. The van der Waals surface area contributed by atoms with Crippen LogP contribution < -0.4 is 0 Å². The average molecular weight is 142 g/mol. The van der Waals surface area contributed by atoms with Crippen LogP contribution in [0.2, 0.25) is 0 Å². The zero-order valence-corrected chi connectivity index (χ0v) is 6.38. The summed E-state index contributed by atoms with van der Waals surface area (Å²) in [6.45, 7) is 3.97. The summed E-state index contributed by atoms with van der Waals surface area (Å²) in [6, 6.07) is 0.